The fraction of sp³-hybridized carbons (Fsp3) is 0.632. The molecule has 1 amide bonds. The van der Waals surface area contributed by atoms with Crippen LogP contribution in [-0.4, -0.2) is 117 Å². The zero-order valence-corrected chi connectivity index (χ0v) is 29.2. The molecule has 8 nitrogen and oxygen atoms in total. The number of hydrogen-bond acceptors (Lipinski definition) is 6. The van der Waals surface area contributed by atoms with Crippen molar-refractivity contribution in [2.24, 2.45) is 11.8 Å². The number of carbonyl (C=O) groups excluding carboxylic acids is 1. The maximum absolute atomic E-state index is 14.4. The van der Waals surface area contributed by atoms with Gasteiger partial charge in [0, 0.05) is 70.0 Å². The summed E-state index contributed by atoms with van der Waals surface area (Å²) in [6, 6.07) is 11.3. The topological polar surface area (TPSA) is 76.6 Å². The Kier molecular flexibility index (Phi) is 11.7. The molecule has 2 atom stereocenters. The molecule has 0 spiro atoms. The molecular formula is C38H49F5N4O4. The minimum Gasteiger partial charge on any atom is -0.497 e. The Morgan fingerprint density at radius 1 is 0.863 bits per heavy atom. The molecule has 4 aliphatic rings. The van der Waals surface area contributed by atoms with Crippen molar-refractivity contribution in [2.45, 2.75) is 68.6 Å². The molecule has 6 rings (SSSR count). The summed E-state index contributed by atoms with van der Waals surface area (Å²) >= 11 is 0. The molecule has 1 N–H and O–H groups in total. The van der Waals surface area contributed by atoms with Crippen molar-refractivity contribution in [1.82, 2.24) is 14.7 Å². The Morgan fingerprint density at radius 3 is 2.08 bits per heavy atom. The fourth-order valence-corrected chi connectivity index (χ4v) is 8.78. The normalized spacial score (nSPS) is 23.7. The molecule has 4 aliphatic heterocycles. The SMILES string of the molecule is COc1ccc([C@@H]2CN(C3CCN(C(CF)CF)CC3)C[C@H]2C(=O)N2CCC(c3ccc(C(F)(F)F)cc3N3CCC(C(=O)O)CC3)CC2)cc1. The molecule has 2 aromatic carbocycles. The third-order valence-electron chi connectivity index (χ3n) is 11.9. The van der Waals surface area contributed by atoms with Crippen LogP contribution in [0.1, 0.15) is 67.1 Å². The number of piperidine rings is 3. The number of halogens is 5. The number of hydrogen-bond donors (Lipinski definition) is 1. The lowest BCUT2D eigenvalue weighted by atomic mass is 9.84. The Hall–Kier alpha value is -3.45. The number of nitrogens with zero attached hydrogens (tertiary/aromatic N) is 4. The number of aliphatic carboxylic acids is 1. The average Bonchev–Trinajstić information content (AvgIpc) is 3.60. The van der Waals surface area contributed by atoms with Crippen LogP contribution in [0.2, 0.25) is 0 Å². The first-order valence-electron chi connectivity index (χ1n) is 18.2. The number of rotatable bonds is 10. The van der Waals surface area contributed by atoms with Gasteiger partial charge in [0.25, 0.3) is 0 Å². The number of ether oxygens (including phenoxy) is 1. The predicted octanol–water partition coefficient (Wildman–Crippen LogP) is 6.21. The number of likely N-dealkylation sites (tertiary alicyclic amines) is 3. The van der Waals surface area contributed by atoms with E-state index in [-0.39, 0.29) is 29.7 Å². The van der Waals surface area contributed by atoms with Crippen molar-refractivity contribution in [1.29, 1.82) is 0 Å². The molecule has 0 unspecified atom stereocenters. The Morgan fingerprint density at radius 2 is 1.51 bits per heavy atom. The van der Waals surface area contributed by atoms with Crippen molar-refractivity contribution < 1.29 is 41.4 Å². The third-order valence-corrected chi connectivity index (χ3v) is 11.9. The molecule has 0 radical (unpaired) electrons. The number of carboxylic acids is 1. The van der Waals surface area contributed by atoms with Crippen molar-refractivity contribution >= 4 is 17.6 Å². The van der Waals surface area contributed by atoms with E-state index in [1.165, 1.54) is 6.07 Å². The highest BCUT2D eigenvalue weighted by Crippen LogP contribution is 2.42. The quantitative estimate of drug-likeness (QED) is 0.293. The van der Waals surface area contributed by atoms with Crippen LogP contribution in [0.5, 0.6) is 5.75 Å². The molecule has 4 saturated heterocycles. The second-order valence-electron chi connectivity index (χ2n) is 14.6. The smallest absolute Gasteiger partial charge is 0.416 e. The molecule has 13 heteroatoms. The highest BCUT2D eigenvalue weighted by molar-refractivity contribution is 5.81. The summed E-state index contributed by atoms with van der Waals surface area (Å²) in [7, 11) is 1.61. The van der Waals surface area contributed by atoms with Gasteiger partial charge in [-0.25, -0.2) is 8.78 Å². The van der Waals surface area contributed by atoms with Gasteiger partial charge in [0.1, 0.15) is 19.1 Å². The maximum atomic E-state index is 14.4. The lowest BCUT2D eigenvalue weighted by Gasteiger charge is -2.39. The van der Waals surface area contributed by atoms with Gasteiger partial charge in [0.2, 0.25) is 5.91 Å². The van der Waals surface area contributed by atoms with E-state index in [0.717, 1.165) is 35.8 Å². The zero-order chi connectivity index (χ0) is 36.3. The van der Waals surface area contributed by atoms with E-state index in [4.69, 9.17) is 4.74 Å². The summed E-state index contributed by atoms with van der Waals surface area (Å²) in [5, 5.41) is 9.45. The Bertz CT molecular complexity index is 1480. The molecular weight excluding hydrogens is 671 g/mol. The molecule has 280 valence electrons. The number of amides is 1. The van der Waals surface area contributed by atoms with Crippen LogP contribution in [0.25, 0.3) is 0 Å². The summed E-state index contributed by atoms with van der Waals surface area (Å²) in [4.78, 5) is 34.0. The largest absolute Gasteiger partial charge is 0.497 e. The monoisotopic (exact) mass is 720 g/mol. The van der Waals surface area contributed by atoms with Crippen molar-refractivity contribution in [3.63, 3.8) is 0 Å². The average molecular weight is 721 g/mol. The van der Waals surface area contributed by atoms with Crippen LogP contribution >= 0.6 is 0 Å². The van der Waals surface area contributed by atoms with E-state index in [1.807, 2.05) is 39.0 Å². The van der Waals surface area contributed by atoms with Crippen molar-refractivity contribution in [3.8, 4) is 5.75 Å². The number of carbonyl (C=O) groups is 2. The summed E-state index contributed by atoms with van der Waals surface area (Å²) in [5.41, 5.74) is 1.67. The van der Waals surface area contributed by atoms with Crippen molar-refractivity contribution in [3.05, 3.63) is 59.2 Å². The van der Waals surface area contributed by atoms with Crippen LogP contribution in [-0.2, 0) is 15.8 Å². The first-order chi connectivity index (χ1) is 24.5. The van der Waals surface area contributed by atoms with Crippen molar-refractivity contribution in [2.75, 3.05) is 77.7 Å². The highest BCUT2D eigenvalue weighted by atomic mass is 19.4. The standard InChI is InChI=1S/C38H49F5N4O4/c1-51-31-5-2-25(3-6-31)33-23-47(29-12-18-44(19-13-29)30(21-39)22-40)24-34(33)36(48)46-16-8-26(9-17-46)32-7-4-28(38(41,42)43)20-35(32)45-14-10-27(11-15-45)37(49)50/h2-7,20,26-27,29-30,33-34H,8-19,21-24H2,1H3,(H,49,50)/t33-,34+/m0/s1. The van der Waals surface area contributed by atoms with Gasteiger partial charge in [0.05, 0.1) is 30.6 Å². The number of alkyl halides is 5. The first kappa shape index (κ1) is 37.3. The van der Waals surface area contributed by atoms with Crippen LogP contribution in [0, 0.1) is 11.8 Å². The Labute approximate surface area is 296 Å². The summed E-state index contributed by atoms with van der Waals surface area (Å²) in [6.07, 6.45) is -0.963. The number of benzene rings is 2. The molecule has 2 aromatic rings. The van der Waals surface area contributed by atoms with E-state index in [1.54, 1.807) is 13.2 Å². The van der Waals surface area contributed by atoms with Gasteiger partial charge in [-0.05, 0) is 79.8 Å². The second-order valence-corrected chi connectivity index (χ2v) is 14.6. The summed E-state index contributed by atoms with van der Waals surface area (Å²) in [5.74, 6) is -0.929. The molecule has 0 aliphatic carbocycles. The van der Waals surface area contributed by atoms with Crippen LogP contribution in [0.4, 0.5) is 27.6 Å². The summed E-state index contributed by atoms with van der Waals surface area (Å²) < 4.78 is 73.5. The lowest BCUT2D eigenvalue weighted by molar-refractivity contribution is -0.142. The summed E-state index contributed by atoms with van der Waals surface area (Å²) in [6.45, 7) is 2.83. The van der Waals surface area contributed by atoms with E-state index in [2.05, 4.69) is 4.90 Å². The Balaban J connectivity index is 1.16. The minimum atomic E-state index is -4.50. The van der Waals surface area contributed by atoms with E-state index in [0.29, 0.717) is 83.7 Å². The third kappa shape index (κ3) is 8.29. The molecule has 51 heavy (non-hydrogen) atoms. The van der Waals surface area contributed by atoms with Crippen LogP contribution < -0.4 is 9.64 Å². The molecule has 4 heterocycles. The van der Waals surface area contributed by atoms with E-state index < -0.39 is 43.0 Å². The zero-order valence-electron chi connectivity index (χ0n) is 29.2. The molecule has 0 saturated carbocycles. The predicted molar refractivity (Wildman–Crippen MR) is 184 cm³/mol. The van der Waals surface area contributed by atoms with Gasteiger partial charge in [-0.15, -0.1) is 0 Å². The van der Waals surface area contributed by atoms with E-state index in [9.17, 15) is 36.6 Å². The van der Waals surface area contributed by atoms with E-state index >= 15 is 0 Å². The van der Waals surface area contributed by atoms with Gasteiger partial charge < -0.3 is 19.6 Å². The molecule has 0 aromatic heterocycles. The van der Waals surface area contributed by atoms with Gasteiger partial charge in [-0.3, -0.25) is 19.4 Å². The maximum Gasteiger partial charge on any atom is 0.416 e. The lowest BCUT2D eigenvalue weighted by Crippen LogP contribution is -2.49. The fourth-order valence-electron chi connectivity index (χ4n) is 8.78. The van der Waals surface area contributed by atoms with Gasteiger partial charge >= 0.3 is 12.1 Å². The van der Waals surface area contributed by atoms with Gasteiger partial charge in [-0.1, -0.05) is 18.2 Å². The highest BCUT2D eigenvalue weighted by Gasteiger charge is 2.44. The molecule has 4 fully saturated rings. The minimum absolute atomic E-state index is 0.0383. The second kappa shape index (κ2) is 16.1. The number of carboxylic acid groups (broad SMARTS) is 1. The first-order valence-corrected chi connectivity index (χ1v) is 18.2. The van der Waals surface area contributed by atoms with Gasteiger partial charge in [0.15, 0.2) is 0 Å². The number of methoxy groups -OCH3 is 1. The van der Waals surface area contributed by atoms with Crippen LogP contribution in [0.3, 0.4) is 0 Å². The number of anilines is 1. The van der Waals surface area contributed by atoms with Crippen LogP contribution in [0.15, 0.2) is 42.5 Å². The van der Waals surface area contributed by atoms with Gasteiger partial charge in [-0.2, -0.15) is 13.2 Å². The molecule has 0 bridgehead atoms.